The zero-order chi connectivity index (χ0) is 13.4. The molecular weight excluding hydrogens is 258 g/mol. The number of nitrogens with one attached hydrogen (secondary N) is 1. The van der Waals surface area contributed by atoms with E-state index in [1.165, 1.54) is 12.1 Å². The summed E-state index contributed by atoms with van der Waals surface area (Å²) >= 11 is 5.58. The van der Waals surface area contributed by atoms with E-state index < -0.39 is 6.29 Å². The van der Waals surface area contributed by atoms with Crippen molar-refractivity contribution in [2.24, 2.45) is 0 Å². The third kappa shape index (κ3) is 4.95. The summed E-state index contributed by atoms with van der Waals surface area (Å²) in [5.74, 6) is -0.344. The predicted octanol–water partition coefficient (Wildman–Crippen LogP) is 1.26. The molecule has 0 saturated heterocycles. The Kier molecular flexibility index (Phi) is 6.56. The number of carbonyl (C=O) groups excluding carboxylic acids is 1. The van der Waals surface area contributed by atoms with Gasteiger partial charge in [0.05, 0.1) is 6.54 Å². The molecule has 0 fully saturated rings. The first-order chi connectivity index (χ1) is 8.67. The third-order valence-corrected chi connectivity index (χ3v) is 2.20. The number of hydrogen-bond acceptors (Lipinski definition) is 5. The van der Waals surface area contributed by atoms with Crippen molar-refractivity contribution in [3.63, 3.8) is 0 Å². The average Bonchev–Trinajstić information content (AvgIpc) is 2.37. The molecule has 0 spiro atoms. The van der Waals surface area contributed by atoms with Gasteiger partial charge in [0.25, 0.3) is 5.91 Å². The van der Waals surface area contributed by atoms with E-state index in [1.54, 1.807) is 0 Å². The fourth-order valence-electron chi connectivity index (χ4n) is 1.24. The number of halogens is 1. The van der Waals surface area contributed by atoms with Crippen LogP contribution in [0.3, 0.4) is 0 Å². The molecule has 1 rings (SSSR count). The Labute approximate surface area is 111 Å². The lowest BCUT2D eigenvalue weighted by Crippen LogP contribution is -2.35. The summed E-state index contributed by atoms with van der Waals surface area (Å²) in [5, 5.41) is 10.2. The molecule has 100 valence electrons. The quantitative estimate of drug-likeness (QED) is 0.757. The van der Waals surface area contributed by atoms with Gasteiger partial charge in [-0.3, -0.25) is 4.79 Å². The molecule has 1 aromatic heterocycles. The highest BCUT2D eigenvalue weighted by Crippen LogP contribution is 2.02. The number of carbonyl (C=O) groups is 1. The Hall–Kier alpha value is -1.24. The minimum absolute atomic E-state index is 0.200. The Bertz CT molecular complexity index is 366. The summed E-state index contributed by atoms with van der Waals surface area (Å²) < 4.78 is 10.6. The Morgan fingerprint density at radius 2 is 2.00 bits per heavy atom. The molecule has 0 radical (unpaired) electrons. The van der Waals surface area contributed by atoms with Crippen molar-refractivity contribution in [3.05, 3.63) is 23.0 Å². The first-order valence-electron chi connectivity index (χ1n) is 5.68. The van der Waals surface area contributed by atoms with Gasteiger partial charge in [-0.25, -0.2) is 0 Å². The van der Waals surface area contributed by atoms with Crippen LogP contribution >= 0.6 is 11.6 Å². The molecule has 7 heteroatoms. The summed E-state index contributed by atoms with van der Waals surface area (Å²) in [5.41, 5.74) is 0.200. The summed E-state index contributed by atoms with van der Waals surface area (Å²) in [6.45, 7) is 5.00. The minimum atomic E-state index is -0.454. The third-order valence-electron chi connectivity index (χ3n) is 2.00. The second-order valence-corrected chi connectivity index (χ2v) is 3.68. The lowest BCUT2D eigenvalue weighted by Gasteiger charge is -2.17. The number of nitrogens with zero attached hydrogens (tertiary/aromatic N) is 2. The van der Waals surface area contributed by atoms with Crippen molar-refractivity contribution in [1.82, 2.24) is 15.5 Å². The van der Waals surface area contributed by atoms with Crippen molar-refractivity contribution >= 4 is 17.5 Å². The summed E-state index contributed by atoms with van der Waals surface area (Å²) in [4.78, 5) is 11.7. The lowest BCUT2D eigenvalue weighted by molar-refractivity contribution is -0.131. The van der Waals surface area contributed by atoms with Crippen molar-refractivity contribution in [1.29, 1.82) is 0 Å². The average molecular weight is 274 g/mol. The van der Waals surface area contributed by atoms with E-state index in [1.807, 2.05) is 13.8 Å². The fourth-order valence-corrected chi connectivity index (χ4v) is 1.34. The van der Waals surface area contributed by atoms with E-state index >= 15 is 0 Å². The minimum Gasteiger partial charge on any atom is -0.351 e. The van der Waals surface area contributed by atoms with Gasteiger partial charge in [-0.1, -0.05) is 11.6 Å². The molecule has 0 bridgehead atoms. The smallest absolute Gasteiger partial charge is 0.271 e. The molecule has 0 aliphatic heterocycles. The Balaban J connectivity index is 2.46. The first kappa shape index (κ1) is 14.8. The van der Waals surface area contributed by atoms with E-state index in [9.17, 15) is 4.79 Å². The first-order valence-corrected chi connectivity index (χ1v) is 6.05. The maximum absolute atomic E-state index is 11.7. The molecule has 1 aromatic rings. The molecular formula is C11H16ClN3O3. The van der Waals surface area contributed by atoms with Crippen LogP contribution in [0.5, 0.6) is 0 Å². The second-order valence-electron chi connectivity index (χ2n) is 3.29. The van der Waals surface area contributed by atoms with Crippen LogP contribution in [0.15, 0.2) is 12.1 Å². The van der Waals surface area contributed by atoms with E-state index in [4.69, 9.17) is 21.1 Å². The van der Waals surface area contributed by atoms with Gasteiger partial charge in [-0.2, -0.15) is 0 Å². The molecule has 0 atom stereocenters. The standard InChI is InChI=1S/C11H16ClN3O3/c1-3-17-10(18-4-2)7-13-11(16)8-5-6-9(12)15-14-8/h5-6,10H,3-4,7H2,1-2H3,(H,13,16). The molecule has 0 saturated carbocycles. The summed E-state index contributed by atoms with van der Waals surface area (Å²) in [6, 6.07) is 3.01. The highest BCUT2D eigenvalue weighted by Gasteiger charge is 2.12. The van der Waals surface area contributed by atoms with Crippen LogP contribution in [0.2, 0.25) is 5.15 Å². The van der Waals surface area contributed by atoms with Crippen LogP contribution in [0, 0.1) is 0 Å². The van der Waals surface area contributed by atoms with Crippen LogP contribution in [0.1, 0.15) is 24.3 Å². The molecule has 1 N–H and O–H groups in total. The van der Waals surface area contributed by atoms with Gasteiger partial charge >= 0.3 is 0 Å². The number of ether oxygens (including phenoxy) is 2. The van der Waals surface area contributed by atoms with Crippen molar-refractivity contribution in [2.75, 3.05) is 19.8 Å². The maximum atomic E-state index is 11.7. The monoisotopic (exact) mass is 273 g/mol. The van der Waals surface area contributed by atoms with Crippen LogP contribution in [0.25, 0.3) is 0 Å². The zero-order valence-electron chi connectivity index (χ0n) is 10.4. The zero-order valence-corrected chi connectivity index (χ0v) is 11.1. The normalized spacial score (nSPS) is 10.7. The van der Waals surface area contributed by atoms with Gasteiger partial charge in [0.1, 0.15) is 0 Å². The van der Waals surface area contributed by atoms with Crippen LogP contribution in [0.4, 0.5) is 0 Å². The van der Waals surface area contributed by atoms with Gasteiger partial charge in [0, 0.05) is 13.2 Å². The highest BCUT2D eigenvalue weighted by atomic mass is 35.5. The van der Waals surface area contributed by atoms with E-state index in [0.717, 1.165) is 0 Å². The van der Waals surface area contributed by atoms with Gasteiger partial charge in [0.15, 0.2) is 17.1 Å². The van der Waals surface area contributed by atoms with Crippen LogP contribution in [-0.2, 0) is 9.47 Å². The number of aromatic nitrogens is 2. The molecule has 1 heterocycles. The molecule has 0 aliphatic carbocycles. The number of amides is 1. The molecule has 1 amide bonds. The molecule has 0 aromatic carbocycles. The lowest BCUT2D eigenvalue weighted by atomic mass is 10.3. The van der Waals surface area contributed by atoms with E-state index in [0.29, 0.717) is 13.2 Å². The largest absolute Gasteiger partial charge is 0.351 e. The van der Waals surface area contributed by atoms with Crippen LogP contribution < -0.4 is 5.32 Å². The molecule has 0 unspecified atom stereocenters. The Morgan fingerprint density at radius 1 is 1.33 bits per heavy atom. The topological polar surface area (TPSA) is 73.3 Å². The van der Waals surface area contributed by atoms with Crippen molar-refractivity contribution < 1.29 is 14.3 Å². The van der Waals surface area contributed by atoms with Crippen molar-refractivity contribution in [2.45, 2.75) is 20.1 Å². The number of rotatable bonds is 7. The van der Waals surface area contributed by atoms with E-state index in [-0.39, 0.29) is 23.3 Å². The Morgan fingerprint density at radius 3 is 2.50 bits per heavy atom. The predicted molar refractivity (Wildman–Crippen MR) is 66.4 cm³/mol. The van der Waals surface area contributed by atoms with Gasteiger partial charge in [-0.15, -0.1) is 10.2 Å². The fraction of sp³-hybridized carbons (Fsp3) is 0.545. The summed E-state index contributed by atoms with van der Waals surface area (Å²) in [6.07, 6.45) is -0.454. The van der Waals surface area contributed by atoms with Crippen LogP contribution in [-0.4, -0.2) is 42.2 Å². The highest BCUT2D eigenvalue weighted by molar-refractivity contribution is 6.29. The molecule has 0 aliphatic rings. The van der Waals surface area contributed by atoms with E-state index in [2.05, 4.69) is 15.5 Å². The van der Waals surface area contributed by atoms with Gasteiger partial charge in [-0.05, 0) is 26.0 Å². The van der Waals surface area contributed by atoms with Crippen molar-refractivity contribution in [3.8, 4) is 0 Å². The molecule has 6 nitrogen and oxygen atoms in total. The summed E-state index contributed by atoms with van der Waals surface area (Å²) in [7, 11) is 0. The SMILES string of the molecule is CCOC(CNC(=O)c1ccc(Cl)nn1)OCC. The maximum Gasteiger partial charge on any atom is 0.271 e. The van der Waals surface area contributed by atoms with Gasteiger partial charge in [0.2, 0.25) is 0 Å². The second kappa shape index (κ2) is 7.97. The number of hydrogen-bond donors (Lipinski definition) is 1. The molecule has 18 heavy (non-hydrogen) atoms. The van der Waals surface area contributed by atoms with Gasteiger partial charge < -0.3 is 14.8 Å².